The van der Waals surface area contributed by atoms with Crippen molar-refractivity contribution >= 4 is 36.0 Å². The van der Waals surface area contributed by atoms with Crippen molar-refractivity contribution in [1.29, 1.82) is 0 Å². The van der Waals surface area contributed by atoms with Crippen molar-refractivity contribution in [2.24, 2.45) is 5.10 Å². The van der Waals surface area contributed by atoms with Gasteiger partial charge in [0, 0.05) is 32.4 Å². The van der Waals surface area contributed by atoms with E-state index < -0.39 is 4.92 Å². The number of allylic oxidation sites excluding steroid dienone is 1. The summed E-state index contributed by atoms with van der Waals surface area (Å²) in [5.41, 5.74) is 2.91. The molecule has 2 aromatic rings. The summed E-state index contributed by atoms with van der Waals surface area (Å²) in [5, 5.41) is 14.9. The van der Waals surface area contributed by atoms with Gasteiger partial charge in [0.15, 0.2) is 0 Å². The van der Waals surface area contributed by atoms with E-state index in [0.717, 1.165) is 51.9 Å². The highest BCUT2D eigenvalue weighted by atomic mass is 16.6. The molecule has 2 fully saturated rings. The normalized spacial score (nSPS) is 17.9. The second-order valence-electron chi connectivity index (χ2n) is 8.24. The molecule has 11 heteroatoms. The summed E-state index contributed by atoms with van der Waals surface area (Å²) in [6.07, 6.45) is 14.3. The molecule has 0 radical (unpaired) electrons. The minimum Gasteiger partial charge on any atom is -0.401 e. The van der Waals surface area contributed by atoms with Gasteiger partial charge in [-0.1, -0.05) is 25.7 Å². The van der Waals surface area contributed by atoms with E-state index in [1.54, 1.807) is 12.2 Å². The fourth-order valence-electron chi connectivity index (χ4n) is 4.03. The lowest BCUT2D eigenvalue weighted by Crippen LogP contribution is -2.30. The summed E-state index contributed by atoms with van der Waals surface area (Å²) in [6.45, 7) is 3.79. The second-order valence-corrected chi connectivity index (χ2v) is 8.24. The van der Waals surface area contributed by atoms with Gasteiger partial charge in [0.1, 0.15) is 10.7 Å². The third-order valence-corrected chi connectivity index (χ3v) is 5.77. The molecule has 2 aliphatic rings. The van der Waals surface area contributed by atoms with E-state index in [0.29, 0.717) is 23.6 Å². The fraction of sp³-hybridized carbons (Fsp3) is 0.545. The highest BCUT2D eigenvalue weighted by molar-refractivity contribution is 5.78. The van der Waals surface area contributed by atoms with Gasteiger partial charge < -0.3 is 14.2 Å². The topological polar surface area (TPSA) is 126 Å². The van der Waals surface area contributed by atoms with E-state index in [-0.39, 0.29) is 5.88 Å². The van der Waals surface area contributed by atoms with Crippen molar-refractivity contribution in [3.05, 3.63) is 34.1 Å². The Labute approximate surface area is 192 Å². The van der Waals surface area contributed by atoms with Crippen LogP contribution in [0.4, 0.5) is 23.7 Å². The molecule has 0 atom stereocenters. The Hall–Kier alpha value is -3.50. The molecule has 0 bridgehead atoms. The van der Waals surface area contributed by atoms with Gasteiger partial charge in [-0.3, -0.25) is 10.1 Å². The molecule has 1 N–H and O–H groups in total. The Kier molecular flexibility index (Phi) is 7.83. The molecule has 33 heavy (non-hydrogen) atoms. The van der Waals surface area contributed by atoms with Gasteiger partial charge in [-0.2, -0.15) is 20.1 Å². The van der Waals surface area contributed by atoms with Crippen molar-refractivity contribution in [2.75, 3.05) is 41.4 Å². The lowest BCUT2D eigenvalue weighted by molar-refractivity contribution is -0.402. The van der Waals surface area contributed by atoms with Crippen LogP contribution in [0.25, 0.3) is 6.08 Å². The minimum atomic E-state index is -0.572. The molecule has 0 spiro atoms. The van der Waals surface area contributed by atoms with Gasteiger partial charge in [0.2, 0.25) is 17.8 Å². The molecule has 0 aliphatic carbocycles. The summed E-state index contributed by atoms with van der Waals surface area (Å²) in [7, 11) is 0. The van der Waals surface area contributed by atoms with E-state index in [9.17, 15) is 10.1 Å². The van der Waals surface area contributed by atoms with Crippen LogP contribution in [0.3, 0.4) is 0 Å². The lowest BCUT2D eigenvalue weighted by atomic mass is 10.2. The molecule has 0 amide bonds. The van der Waals surface area contributed by atoms with Crippen molar-refractivity contribution in [1.82, 2.24) is 15.0 Å². The number of hydrazone groups is 1. The van der Waals surface area contributed by atoms with Crippen LogP contribution in [0, 0.1) is 10.1 Å². The molecule has 2 aliphatic heterocycles. The summed E-state index contributed by atoms with van der Waals surface area (Å²) in [4.78, 5) is 28.7. The molecule has 11 nitrogen and oxygen atoms in total. The van der Waals surface area contributed by atoms with E-state index in [4.69, 9.17) is 9.40 Å². The van der Waals surface area contributed by atoms with Gasteiger partial charge in [0.05, 0.1) is 6.07 Å². The van der Waals surface area contributed by atoms with Crippen LogP contribution < -0.4 is 15.2 Å². The molecule has 4 heterocycles. The maximum Gasteiger partial charge on any atom is 0.433 e. The van der Waals surface area contributed by atoms with Gasteiger partial charge in [-0.05, 0) is 43.9 Å². The molecule has 0 aromatic carbocycles. The largest absolute Gasteiger partial charge is 0.433 e. The highest BCUT2D eigenvalue weighted by Crippen LogP contribution is 2.22. The Morgan fingerprint density at radius 1 is 0.909 bits per heavy atom. The van der Waals surface area contributed by atoms with Crippen molar-refractivity contribution in [2.45, 2.75) is 51.4 Å². The predicted octanol–water partition coefficient (Wildman–Crippen LogP) is 4.24. The Morgan fingerprint density at radius 3 is 2.00 bits per heavy atom. The predicted molar refractivity (Wildman–Crippen MR) is 128 cm³/mol. The third-order valence-electron chi connectivity index (χ3n) is 5.77. The molecule has 0 unspecified atom stereocenters. The van der Waals surface area contributed by atoms with Crippen molar-refractivity contribution < 1.29 is 9.34 Å². The van der Waals surface area contributed by atoms with Crippen molar-refractivity contribution in [3.63, 3.8) is 0 Å². The number of furan rings is 1. The van der Waals surface area contributed by atoms with Gasteiger partial charge in [-0.25, -0.2) is 5.43 Å². The second kappa shape index (κ2) is 11.4. The number of aromatic nitrogens is 3. The van der Waals surface area contributed by atoms with Crippen LogP contribution in [0.5, 0.6) is 0 Å². The number of nitrogens with zero attached hydrogens (tertiary/aromatic N) is 7. The number of anilines is 3. The van der Waals surface area contributed by atoms with E-state index >= 15 is 0 Å². The SMILES string of the molecule is O=[N+]([O-])c1ccc(/C=C/C=NNc2nc(N3CCCCCC3)nc(N3CCCCCC3)n2)o1. The van der Waals surface area contributed by atoms with Crippen molar-refractivity contribution in [3.8, 4) is 0 Å². The van der Waals surface area contributed by atoms with Crippen LogP contribution >= 0.6 is 0 Å². The van der Waals surface area contributed by atoms with Crippen LogP contribution in [0.2, 0.25) is 0 Å². The van der Waals surface area contributed by atoms with Crippen LogP contribution in [-0.2, 0) is 0 Å². The maximum atomic E-state index is 10.7. The minimum absolute atomic E-state index is 0.294. The quantitative estimate of drug-likeness (QED) is 0.371. The first-order chi connectivity index (χ1) is 16.2. The molecule has 4 rings (SSSR count). The molecule has 2 aromatic heterocycles. The Morgan fingerprint density at radius 2 is 1.48 bits per heavy atom. The zero-order valence-corrected chi connectivity index (χ0v) is 18.7. The zero-order chi connectivity index (χ0) is 22.9. The molecule has 2 saturated heterocycles. The number of rotatable bonds is 7. The maximum absolute atomic E-state index is 10.7. The zero-order valence-electron chi connectivity index (χ0n) is 18.7. The third kappa shape index (κ3) is 6.50. The van der Waals surface area contributed by atoms with Crippen LogP contribution in [-0.4, -0.2) is 52.3 Å². The van der Waals surface area contributed by atoms with Gasteiger partial charge in [-0.15, -0.1) is 0 Å². The summed E-state index contributed by atoms with van der Waals surface area (Å²) in [6, 6.07) is 2.84. The van der Waals surface area contributed by atoms with E-state index in [1.807, 2.05) is 0 Å². The average molecular weight is 455 g/mol. The molecular weight excluding hydrogens is 424 g/mol. The van der Waals surface area contributed by atoms with Gasteiger partial charge in [0.25, 0.3) is 0 Å². The number of nitro groups is 1. The standard InChI is InChI=1S/C22H30N8O3/c31-30(32)19-12-11-18(33-19)10-9-13-23-27-20-24-21(28-14-5-1-2-6-15-28)26-22(25-20)29-16-7-3-4-8-17-29/h9-13H,1-8,14-17H2,(H,24,25,26,27)/b10-9+,23-13?. The monoisotopic (exact) mass is 454 g/mol. The van der Waals surface area contributed by atoms with Crippen LogP contribution in [0.15, 0.2) is 27.7 Å². The number of hydrogen-bond acceptors (Lipinski definition) is 10. The summed E-state index contributed by atoms with van der Waals surface area (Å²) >= 11 is 0. The Bertz CT molecular complexity index is 936. The first-order valence-electron chi connectivity index (χ1n) is 11.6. The molecular formula is C22H30N8O3. The van der Waals surface area contributed by atoms with E-state index in [2.05, 4.69) is 30.3 Å². The van der Waals surface area contributed by atoms with Gasteiger partial charge >= 0.3 is 5.88 Å². The van der Waals surface area contributed by atoms with E-state index in [1.165, 1.54) is 44.0 Å². The molecule has 176 valence electrons. The summed E-state index contributed by atoms with van der Waals surface area (Å²) < 4.78 is 5.08. The first-order valence-corrected chi connectivity index (χ1v) is 11.6. The smallest absolute Gasteiger partial charge is 0.401 e. The molecule has 0 saturated carbocycles. The highest BCUT2D eigenvalue weighted by Gasteiger charge is 2.19. The fourth-order valence-corrected chi connectivity index (χ4v) is 4.03. The number of nitrogens with one attached hydrogen (secondary N) is 1. The summed E-state index contributed by atoms with van der Waals surface area (Å²) in [5.74, 6) is 1.88. The Balaban J connectivity index is 1.48. The first kappa shape index (κ1) is 22.7. The number of hydrogen-bond donors (Lipinski definition) is 1. The lowest BCUT2D eigenvalue weighted by Gasteiger charge is -2.24. The average Bonchev–Trinajstić information content (AvgIpc) is 3.00. The van der Waals surface area contributed by atoms with Crippen LogP contribution in [0.1, 0.15) is 57.1 Å².